The van der Waals surface area contributed by atoms with E-state index < -0.39 is 12.6 Å². The molecule has 0 rings (SSSR count). The van der Waals surface area contributed by atoms with Gasteiger partial charge in [-0.15, -0.1) is 0 Å². The van der Waals surface area contributed by atoms with E-state index in [9.17, 15) is 13.2 Å². The molecule has 0 fully saturated rings. The Morgan fingerprint density at radius 2 is 1.78 bits per heavy atom. The molecule has 0 heterocycles. The van der Waals surface area contributed by atoms with Gasteiger partial charge in [-0.25, -0.2) is 0 Å². The van der Waals surface area contributed by atoms with Gasteiger partial charge >= 0.3 is 6.18 Å². The normalized spacial score (nSPS) is 12.6. The number of ether oxygens (including phenoxy) is 1. The molecule has 0 aromatic heterocycles. The lowest BCUT2D eigenvalue weighted by Gasteiger charge is -2.12. The molecular formula is C11H22F3N3O. The minimum atomic E-state index is -4.13. The minimum Gasteiger partial charge on any atom is -0.385 e. The first-order chi connectivity index (χ1) is 8.49. The number of methoxy groups -OCH3 is 1. The standard InChI is InChI=1S/C11H22F3N3O/c1-15-10(17-8-6-11(12,13)14)16-7-4-3-5-9-18-2/h3-9H2,1-2H3,(H2,15,16,17). The van der Waals surface area contributed by atoms with E-state index in [1.807, 2.05) is 0 Å². The number of alkyl halides is 3. The van der Waals surface area contributed by atoms with Crippen LogP contribution in [0.4, 0.5) is 13.2 Å². The number of rotatable bonds is 8. The van der Waals surface area contributed by atoms with E-state index in [0.717, 1.165) is 25.9 Å². The van der Waals surface area contributed by atoms with Crippen LogP contribution >= 0.6 is 0 Å². The number of aliphatic imine (C=N–C) groups is 1. The van der Waals surface area contributed by atoms with E-state index in [1.165, 1.54) is 7.05 Å². The molecule has 4 nitrogen and oxygen atoms in total. The predicted molar refractivity (Wildman–Crippen MR) is 65.8 cm³/mol. The van der Waals surface area contributed by atoms with Crippen LogP contribution in [0.2, 0.25) is 0 Å². The van der Waals surface area contributed by atoms with Gasteiger partial charge in [0.25, 0.3) is 0 Å². The molecule has 7 heteroatoms. The van der Waals surface area contributed by atoms with Crippen molar-refractivity contribution in [2.24, 2.45) is 4.99 Å². The van der Waals surface area contributed by atoms with Crippen molar-refractivity contribution in [3.05, 3.63) is 0 Å². The third-order valence-corrected chi connectivity index (χ3v) is 2.24. The van der Waals surface area contributed by atoms with Crippen molar-refractivity contribution in [1.29, 1.82) is 0 Å². The Hall–Kier alpha value is -0.980. The van der Waals surface area contributed by atoms with Crippen LogP contribution in [0.5, 0.6) is 0 Å². The number of nitrogens with one attached hydrogen (secondary N) is 2. The molecule has 0 bridgehead atoms. The van der Waals surface area contributed by atoms with Crippen LogP contribution in [0.1, 0.15) is 25.7 Å². The van der Waals surface area contributed by atoms with E-state index in [2.05, 4.69) is 15.6 Å². The van der Waals surface area contributed by atoms with Gasteiger partial charge in [-0.2, -0.15) is 13.2 Å². The summed E-state index contributed by atoms with van der Waals surface area (Å²) in [4.78, 5) is 3.84. The van der Waals surface area contributed by atoms with Gasteiger partial charge < -0.3 is 15.4 Å². The zero-order valence-electron chi connectivity index (χ0n) is 10.9. The zero-order valence-corrected chi connectivity index (χ0v) is 10.9. The van der Waals surface area contributed by atoms with Crippen molar-refractivity contribution >= 4 is 5.96 Å². The predicted octanol–water partition coefficient (Wildman–Crippen LogP) is 1.92. The second-order valence-corrected chi connectivity index (χ2v) is 3.84. The summed E-state index contributed by atoms with van der Waals surface area (Å²) in [5.74, 6) is 0.408. The fourth-order valence-electron chi connectivity index (χ4n) is 1.30. The van der Waals surface area contributed by atoms with Gasteiger partial charge in [0.15, 0.2) is 5.96 Å². The minimum absolute atomic E-state index is 0.160. The Morgan fingerprint density at radius 3 is 2.33 bits per heavy atom. The Labute approximate surface area is 106 Å². The first kappa shape index (κ1) is 17.0. The van der Waals surface area contributed by atoms with Gasteiger partial charge in [-0.05, 0) is 19.3 Å². The molecule has 0 aliphatic rings. The molecule has 0 saturated carbocycles. The van der Waals surface area contributed by atoms with Crippen LogP contribution < -0.4 is 10.6 Å². The topological polar surface area (TPSA) is 45.7 Å². The second-order valence-electron chi connectivity index (χ2n) is 3.84. The van der Waals surface area contributed by atoms with Crippen LogP contribution in [0.3, 0.4) is 0 Å². The van der Waals surface area contributed by atoms with Gasteiger partial charge in [0.1, 0.15) is 0 Å². The van der Waals surface area contributed by atoms with Gasteiger partial charge in [-0.3, -0.25) is 4.99 Å². The Balaban J connectivity index is 3.54. The summed E-state index contributed by atoms with van der Waals surface area (Å²) >= 11 is 0. The lowest BCUT2D eigenvalue weighted by atomic mass is 10.2. The first-order valence-corrected chi connectivity index (χ1v) is 6.00. The summed E-state index contributed by atoms with van der Waals surface area (Å²) in [6.07, 6.45) is -2.06. The molecule has 0 aromatic carbocycles. The van der Waals surface area contributed by atoms with Crippen LogP contribution in [-0.4, -0.2) is 46.0 Å². The molecule has 0 saturated heterocycles. The molecule has 0 atom stereocenters. The van der Waals surface area contributed by atoms with Crippen molar-refractivity contribution in [2.45, 2.75) is 31.9 Å². The Morgan fingerprint density at radius 1 is 1.11 bits per heavy atom. The number of nitrogens with zero attached hydrogens (tertiary/aromatic N) is 1. The van der Waals surface area contributed by atoms with E-state index in [0.29, 0.717) is 12.5 Å². The molecule has 0 radical (unpaired) electrons. The zero-order chi connectivity index (χ0) is 13.9. The molecule has 2 N–H and O–H groups in total. The summed E-state index contributed by atoms with van der Waals surface area (Å²) in [6.45, 7) is 1.26. The third-order valence-electron chi connectivity index (χ3n) is 2.24. The molecule has 0 aromatic rings. The van der Waals surface area contributed by atoms with E-state index in [1.54, 1.807) is 7.11 Å². The van der Waals surface area contributed by atoms with E-state index in [4.69, 9.17) is 4.74 Å². The quantitative estimate of drug-likeness (QED) is 0.402. The summed E-state index contributed by atoms with van der Waals surface area (Å²) in [5, 5.41) is 5.59. The summed E-state index contributed by atoms with van der Waals surface area (Å²) in [7, 11) is 3.19. The maximum atomic E-state index is 11.9. The fraction of sp³-hybridized carbons (Fsp3) is 0.909. The number of hydrogen-bond acceptors (Lipinski definition) is 2. The molecule has 108 valence electrons. The van der Waals surface area contributed by atoms with E-state index >= 15 is 0 Å². The van der Waals surface area contributed by atoms with Crippen LogP contribution in [0.25, 0.3) is 0 Å². The average molecular weight is 269 g/mol. The fourth-order valence-corrected chi connectivity index (χ4v) is 1.30. The van der Waals surface area contributed by atoms with Crippen LogP contribution in [0, 0.1) is 0 Å². The summed E-state index contributed by atoms with van der Waals surface area (Å²) < 4.78 is 40.7. The molecule has 0 aliphatic heterocycles. The molecule has 0 aliphatic carbocycles. The molecule has 18 heavy (non-hydrogen) atoms. The SMILES string of the molecule is CN=C(NCCCCCOC)NCCC(F)(F)F. The van der Waals surface area contributed by atoms with Gasteiger partial charge in [-0.1, -0.05) is 0 Å². The van der Waals surface area contributed by atoms with E-state index in [-0.39, 0.29) is 6.54 Å². The van der Waals surface area contributed by atoms with Gasteiger partial charge in [0.05, 0.1) is 6.42 Å². The van der Waals surface area contributed by atoms with Crippen LogP contribution in [-0.2, 0) is 4.74 Å². The van der Waals surface area contributed by atoms with Crippen molar-refractivity contribution < 1.29 is 17.9 Å². The van der Waals surface area contributed by atoms with Crippen LogP contribution in [0.15, 0.2) is 4.99 Å². The van der Waals surface area contributed by atoms with Gasteiger partial charge in [0.2, 0.25) is 0 Å². The van der Waals surface area contributed by atoms with Crippen molar-refractivity contribution in [3.63, 3.8) is 0 Å². The Bertz CT molecular complexity index is 232. The average Bonchev–Trinajstić information content (AvgIpc) is 2.29. The van der Waals surface area contributed by atoms with Crippen molar-refractivity contribution in [1.82, 2.24) is 10.6 Å². The highest BCUT2D eigenvalue weighted by atomic mass is 19.4. The molecular weight excluding hydrogens is 247 g/mol. The highest BCUT2D eigenvalue weighted by molar-refractivity contribution is 5.79. The molecule has 0 spiro atoms. The van der Waals surface area contributed by atoms with Crippen molar-refractivity contribution in [3.8, 4) is 0 Å². The number of guanidine groups is 1. The highest BCUT2D eigenvalue weighted by Crippen LogP contribution is 2.17. The summed E-state index contributed by atoms with van der Waals surface area (Å²) in [6, 6.07) is 0. The largest absolute Gasteiger partial charge is 0.390 e. The smallest absolute Gasteiger partial charge is 0.385 e. The van der Waals surface area contributed by atoms with Crippen molar-refractivity contribution in [2.75, 3.05) is 33.9 Å². The lowest BCUT2D eigenvalue weighted by Crippen LogP contribution is -2.39. The number of halogens is 3. The number of hydrogen-bond donors (Lipinski definition) is 2. The summed E-state index contributed by atoms with van der Waals surface area (Å²) in [5.41, 5.74) is 0. The monoisotopic (exact) mass is 269 g/mol. The third kappa shape index (κ3) is 11.5. The maximum Gasteiger partial charge on any atom is 0.390 e. The Kier molecular flexibility index (Phi) is 9.45. The van der Waals surface area contributed by atoms with Gasteiger partial charge in [0, 0.05) is 33.9 Å². The maximum absolute atomic E-state index is 11.9. The number of unbranched alkanes of at least 4 members (excludes halogenated alkanes) is 2. The lowest BCUT2D eigenvalue weighted by molar-refractivity contribution is -0.132. The first-order valence-electron chi connectivity index (χ1n) is 6.00. The molecule has 0 amide bonds. The second kappa shape index (κ2) is 9.99. The highest BCUT2D eigenvalue weighted by Gasteiger charge is 2.26. The molecule has 0 unspecified atom stereocenters.